The number of carbonyl (C=O) groups is 3. The molecule has 2 aliphatic heterocycles. The van der Waals surface area contributed by atoms with Crippen LogP contribution in [-0.4, -0.2) is 29.9 Å². The van der Waals surface area contributed by atoms with E-state index in [1.807, 2.05) is 12.1 Å². The van der Waals surface area contributed by atoms with Gasteiger partial charge in [-0.2, -0.15) is 0 Å². The van der Waals surface area contributed by atoms with Crippen LogP contribution < -0.4 is 14.2 Å². The van der Waals surface area contributed by atoms with E-state index >= 15 is 0 Å². The molecule has 0 spiro atoms. The summed E-state index contributed by atoms with van der Waals surface area (Å²) in [5.41, 5.74) is 2.57. The van der Waals surface area contributed by atoms with E-state index in [0.717, 1.165) is 5.56 Å². The Kier molecular flexibility index (Phi) is 5.57. The first-order chi connectivity index (χ1) is 18.4. The molecule has 38 heavy (non-hydrogen) atoms. The Labute approximate surface area is 216 Å². The molecule has 1 unspecified atom stereocenters. The Morgan fingerprint density at radius 1 is 0.947 bits per heavy atom. The summed E-state index contributed by atoms with van der Waals surface area (Å²) in [5, 5.41) is 9.14. The molecular weight excluding hydrogens is 488 g/mol. The van der Waals surface area contributed by atoms with Crippen molar-refractivity contribution in [2.45, 2.75) is 12.3 Å². The molecule has 1 atom stereocenters. The lowest BCUT2D eigenvalue weighted by Crippen LogP contribution is -2.21. The van der Waals surface area contributed by atoms with E-state index in [0.29, 0.717) is 45.5 Å². The largest absolute Gasteiger partial charge is 0.497 e. The first-order valence-electron chi connectivity index (χ1n) is 11.8. The number of methoxy groups -OCH3 is 1. The first-order valence-corrected chi connectivity index (χ1v) is 11.8. The number of ether oxygens (including phenoxy) is 3. The van der Waals surface area contributed by atoms with E-state index in [1.54, 1.807) is 61.7 Å². The standard InChI is InChI=1S/C30H20O8/c1-35-19-8-2-16(3-9-19)14-25-28(32)20-10-11-24-27(29(20)38-25)21(15-26(31)37-24)23-13-12-22(36-23)17-4-6-18(7-5-17)30(33)34/h2-14,21H,15H2,1H3,(H,33,34). The number of carboxylic acid groups (broad SMARTS) is 1. The second-order valence-corrected chi connectivity index (χ2v) is 8.88. The Morgan fingerprint density at radius 2 is 1.71 bits per heavy atom. The SMILES string of the molecule is COc1ccc(C=C2Oc3c(ccc4c3C(c3ccc(-c5ccc(C(=O)O)cc5)o3)CC(=O)O4)C2=O)cc1. The smallest absolute Gasteiger partial charge is 0.335 e. The van der Waals surface area contributed by atoms with Gasteiger partial charge in [0.05, 0.1) is 30.6 Å². The normalized spacial score (nSPS) is 17.0. The van der Waals surface area contributed by atoms with Crippen molar-refractivity contribution >= 4 is 23.8 Å². The highest BCUT2D eigenvalue weighted by molar-refractivity contribution is 6.15. The van der Waals surface area contributed by atoms with Crippen LogP contribution in [-0.2, 0) is 4.79 Å². The number of rotatable bonds is 5. The van der Waals surface area contributed by atoms with Crippen LogP contribution in [0.1, 0.15) is 49.9 Å². The molecule has 1 aromatic heterocycles. The van der Waals surface area contributed by atoms with Gasteiger partial charge in [0, 0.05) is 11.1 Å². The van der Waals surface area contributed by atoms with Gasteiger partial charge in [-0.1, -0.05) is 24.3 Å². The summed E-state index contributed by atoms with van der Waals surface area (Å²) < 4.78 is 22.9. The molecule has 0 radical (unpaired) electrons. The number of furan rings is 1. The van der Waals surface area contributed by atoms with Crippen LogP contribution in [0.3, 0.4) is 0 Å². The molecule has 3 heterocycles. The highest BCUT2D eigenvalue weighted by Gasteiger charge is 2.39. The lowest BCUT2D eigenvalue weighted by Gasteiger charge is -2.24. The number of ketones is 1. The average molecular weight is 508 g/mol. The van der Waals surface area contributed by atoms with Gasteiger partial charge in [0.25, 0.3) is 0 Å². The van der Waals surface area contributed by atoms with E-state index in [-0.39, 0.29) is 23.5 Å². The van der Waals surface area contributed by atoms with Gasteiger partial charge in [-0.15, -0.1) is 0 Å². The van der Waals surface area contributed by atoms with Crippen LogP contribution >= 0.6 is 0 Å². The summed E-state index contributed by atoms with van der Waals surface area (Å²) in [7, 11) is 1.58. The third kappa shape index (κ3) is 4.02. The van der Waals surface area contributed by atoms with Gasteiger partial charge in [-0.25, -0.2) is 4.79 Å². The number of allylic oxidation sites excluding steroid dienone is 1. The third-order valence-electron chi connectivity index (χ3n) is 6.58. The molecule has 4 aromatic rings. The first kappa shape index (κ1) is 23.3. The average Bonchev–Trinajstić information content (AvgIpc) is 3.54. The number of esters is 1. The van der Waals surface area contributed by atoms with Crippen molar-refractivity contribution in [2.24, 2.45) is 0 Å². The summed E-state index contributed by atoms with van der Waals surface area (Å²) in [5.74, 6) is 0.271. The fourth-order valence-corrected chi connectivity index (χ4v) is 4.67. The monoisotopic (exact) mass is 508 g/mol. The Balaban J connectivity index is 1.36. The second-order valence-electron chi connectivity index (χ2n) is 8.88. The summed E-state index contributed by atoms with van der Waals surface area (Å²) in [4.78, 5) is 36.8. The number of benzene rings is 3. The molecule has 8 nitrogen and oxygen atoms in total. The number of hydrogen-bond donors (Lipinski definition) is 1. The lowest BCUT2D eigenvalue weighted by atomic mass is 9.88. The van der Waals surface area contributed by atoms with Gasteiger partial charge in [0.1, 0.15) is 28.8 Å². The lowest BCUT2D eigenvalue weighted by molar-refractivity contribution is -0.135. The molecule has 1 N–H and O–H groups in total. The minimum atomic E-state index is -1.02. The maximum Gasteiger partial charge on any atom is 0.335 e. The fraction of sp³-hybridized carbons (Fsp3) is 0.100. The molecule has 0 bridgehead atoms. The predicted octanol–water partition coefficient (Wildman–Crippen LogP) is 5.71. The van der Waals surface area contributed by atoms with Crippen molar-refractivity contribution in [3.05, 3.63) is 107 Å². The topological polar surface area (TPSA) is 112 Å². The number of fused-ring (bicyclic) bond motifs is 3. The van der Waals surface area contributed by atoms with E-state index in [9.17, 15) is 14.4 Å². The van der Waals surface area contributed by atoms with Crippen LogP contribution in [0.4, 0.5) is 0 Å². The van der Waals surface area contributed by atoms with Gasteiger partial charge < -0.3 is 23.7 Å². The van der Waals surface area contributed by atoms with Crippen LogP contribution in [0.15, 0.2) is 83.0 Å². The van der Waals surface area contributed by atoms with Crippen LogP contribution in [0.2, 0.25) is 0 Å². The van der Waals surface area contributed by atoms with Crippen molar-refractivity contribution in [3.63, 3.8) is 0 Å². The van der Waals surface area contributed by atoms with E-state index in [2.05, 4.69) is 0 Å². The van der Waals surface area contributed by atoms with E-state index < -0.39 is 17.9 Å². The summed E-state index contributed by atoms with van der Waals surface area (Å²) in [6, 6.07) is 20.2. The molecule has 0 fully saturated rings. The van der Waals surface area contributed by atoms with Crippen LogP contribution in [0.25, 0.3) is 17.4 Å². The Bertz CT molecular complexity index is 1620. The van der Waals surface area contributed by atoms with Crippen molar-refractivity contribution in [3.8, 4) is 28.6 Å². The van der Waals surface area contributed by atoms with Gasteiger partial charge in [0.2, 0.25) is 5.78 Å². The number of carbonyl (C=O) groups excluding carboxylic acids is 2. The minimum absolute atomic E-state index is 0.00341. The quantitative estimate of drug-likeness (QED) is 0.207. The van der Waals surface area contributed by atoms with Crippen molar-refractivity contribution < 1.29 is 38.1 Å². The van der Waals surface area contributed by atoms with Gasteiger partial charge >= 0.3 is 11.9 Å². The number of carboxylic acids is 1. The van der Waals surface area contributed by atoms with Gasteiger partial charge in [0.15, 0.2) is 5.76 Å². The predicted molar refractivity (Wildman–Crippen MR) is 136 cm³/mol. The Hall–Kier alpha value is -5.11. The fourth-order valence-electron chi connectivity index (χ4n) is 4.67. The minimum Gasteiger partial charge on any atom is -0.497 e. The molecular formula is C30H20O8. The molecule has 188 valence electrons. The highest BCUT2D eigenvalue weighted by atomic mass is 16.5. The molecule has 6 rings (SSSR count). The zero-order valence-electron chi connectivity index (χ0n) is 20.1. The molecule has 0 aliphatic carbocycles. The third-order valence-corrected chi connectivity index (χ3v) is 6.58. The van der Waals surface area contributed by atoms with Crippen LogP contribution in [0, 0.1) is 0 Å². The summed E-state index contributed by atoms with van der Waals surface area (Å²) in [6.07, 6.45) is 1.66. The molecule has 0 amide bonds. The highest BCUT2D eigenvalue weighted by Crippen LogP contribution is 2.49. The van der Waals surface area contributed by atoms with Crippen molar-refractivity contribution in [1.29, 1.82) is 0 Å². The number of hydrogen-bond acceptors (Lipinski definition) is 7. The van der Waals surface area contributed by atoms with Gasteiger partial charge in [-0.05, 0) is 60.2 Å². The molecule has 3 aromatic carbocycles. The zero-order valence-corrected chi connectivity index (χ0v) is 20.1. The summed E-state index contributed by atoms with van der Waals surface area (Å²) >= 11 is 0. The number of Topliss-reactive ketones (excluding diaryl/α,β-unsaturated/α-hetero) is 1. The Morgan fingerprint density at radius 3 is 2.42 bits per heavy atom. The van der Waals surface area contributed by atoms with Gasteiger partial charge in [-0.3, -0.25) is 9.59 Å². The second kappa shape index (κ2) is 9.08. The number of aromatic carboxylic acids is 1. The summed E-state index contributed by atoms with van der Waals surface area (Å²) in [6.45, 7) is 0. The van der Waals surface area contributed by atoms with E-state index in [4.69, 9.17) is 23.7 Å². The van der Waals surface area contributed by atoms with Crippen molar-refractivity contribution in [1.82, 2.24) is 0 Å². The maximum atomic E-state index is 13.2. The maximum absolute atomic E-state index is 13.2. The van der Waals surface area contributed by atoms with Crippen LogP contribution in [0.5, 0.6) is 17.2 Å². The zero-order chi connectivity index (χ0) is 26.4. The van der Waals surface area contributed by atoms with E-state index in [1.165, 1.54) is 12.1 Å². The molecule has 2 aliphatic rings. The molecule has 0 saturated heterocycles. The van der Waals surface area contributed by atoms with Crippen molar-refractivity contribution in [2.75, 3.05) is 7.11 Å². The molecule has 0 saturated carbocycles. The molecule has 8 heteroatoms.